The summed E-state index contributed by atoms with van der Waals surface area (Å²) in [6.45, 7) is 0.471. The van der Waals surface area contributed by atoms with E-state index in [2.05, 4.69) is 59.1 Å². The molecule has 1 aliphatic rings. The summed E-state index contributed by atoms with van der Waals surface area (Å²) >= 11 is 1.62. The van der Waals surface area contributed by atoms with Gasteiger partial charge in [0.15, 0.2) is 0 Å². The molecule has 0 heterocycles. The van der Waals surface area contributed by atoms with Crippen molar-refractivity contribution in [3.8, 4) is 16.9 Å². The van der Waals surface area contributed by atoms with Gasteiger partial charge in [0, 0.05) is 5.56 Å². The maximum atomic E-state index is 12.5. The van der Waals surface area contributed by atoms with E-state index in [1.807, 2.05) is 54.6 Å². The summed E-state index contributed by atoms with van der Waals surface area (Å²) in [5.74, 6) is 0.903. The lowest BCUT2D eigenvalue weighted by molar-refractivity contribution is -0.118. The number of carbonyl (C=O) groups is 1. The molecule has 34 heavy (non-hydrogen) atoms. The molecule has 0 saturated carbocycles. The van der Waals surface area contributed by atoms with Crippen LogP contribution in [0.2, 0.25) is 0 Å². The minimum Gasteiger partial charge on any atom is -0.488 e. The summed E-state index contributed by atoms with van der Waals surface area (Å²) in [4.78, 5) is 12.5. The van der Waals surface area contributed by atoms with E-state index in [1.54, 1.807) is 18.0 Å². The Morgan fingerprint density at radius 2 is 1.44 bits per heavy atom. The number of ether oxygens (including phenoxy) is 1. The molecule has 4 aromatic rings. The number of nitrogens with one attached hydrogen (secondary N) is 1. The fraction of sp³-hybridized carbons (Fsp3) is 0.103. The van der Waals surface area contributed by atoms with Crippen molar-refractivity contribution in [3.63, 3.8) is 0 Å². The second-order valence-corrected chi connectivity index (χ2v) is 9.06. The van der Waals surface area contributed by atoms with Crippen LogP contribution < -0.4 is 10.2 Å². The largest absolute Gasteiger partial charge is 0.488 e. The normalized spacial score (nSPS) is 12.4. The lowest BCUT2D eigenvalue weighted by atomic mass is 10.1. The lowest BCUT2D eigenvalue weighted by Crippen LogP contribution is -2.20. The molecule has 0 saturated heterocycles. The van der Waals surface area contributed by atoms with Gasteiger partial charge in [-0.25, -0.2) is 5.43 Å². The lowest BCUT2D eigenvalue weighted by Gasteiger charge is -2.12. The van der Waals surface area contributed by atoms with Crippen LogP contribution in [0.1, 0.15) is 27.5 Å². The Hall–Kier alpha value is -3.83. The molecule has 1 amide bonds. The number of hydrogen-bond donors (Lipinski definition) is 1. The van der Waals surface area contributed by atoms with E-state index in [4.69, 9.17) is 4.74 Å². The number of benzene rings is 4. The topological polar surface area (TPSA) is 50.7 Å². The minimum absolute atomic E-state index is 0.134. The van der Waals surface area contributed by atoms with Crippen molar-refractivity contribution in [2.75, 3.05) is 5.75 Å². The Balaban J connectivity index is 1.19. The first-order chi connectivity index (χ1) is 16.8. The summed E-state index contributed by atoms with van der Waals surface area (Å²) in [5, 5.41) is 4.32. The van der Waals surface area contributed by atoms with Gasteiger partial charge in [-0.3, -0.25) is 4.79 Å². The van der Waals surface area contributed by atoms with E-state index in [-0.39, 0.29) is 11.2 Å². The van der Waals surface area contributed by atoms with Crippen LogP contribution in [0.5, 0.6) is 5.75 Å². The van der Waals surface area contributed by atoms with Gasteiger partial charge in [-0.15, -0.1) is 11.8 Å². The highest BCUT2D eigenvalue weighted by molar-refractivity contribution is 8.00. The van der Waals surface area contributed by atoms with Gasteiger partial charge in [-0.2, -0.15) is 5.10 Å². The summed E-state index contributed by atoms with van der Waals surface area (Å²) in [6.07, 6.45) is 1.63. The average Bonchev–Trinajstić information content (AvgIpc) is 3.21. The molecule has 4 nitrogen and oxygen atoms in total. The van der Waals surface area contributed by atoms with E-state index in [0.29, 0.717) is 12.4 Å². The maximum Gasteiger partial charge on any atom is 0.250 e. The highest BCUT2D eigenvalue weighted by atomic mass is 32.2. The zero-order valence-electron chi connectivity index (χ0n) is 18.6. The van der Waals surface area contributed by atoms with Crippen molar-refractivity contribution in [1.29, 1.82) is 0 Å². The smallest absolute Gasteiger partial charge is 0.250 e. The standard InChI is InChI=1S/C29H24N2O2S/c32-28(20-34-29-25-15-7-5-13-23(25)24-14-6-8-16-26(24)29)31-30-18-22-12-4-9-17-27(22)33-19-21-10-2-1-3-11-21/h1-18,29H,19-20H2,(H,31,32)/b30-18-. The SMILES string of the molecule is O=C(CSC1c2ccccc2-c2ccccc21)N/N=C\c1ccccc1OCc1ccccc1. The van der Waals surface area contributed by atoms with Crippen molar-refractivity contribution in [3.05, 3.63) is 125 Å². The molecule has 1 aliphatic carbocycles. The van der Waals surface area contributed by atoms with Crippen molar-refractivity contribution < 1.29 is 9.53 Å². The van der Waals surface area contributed by atoms with Crippen LogP contribution in [0.25, 0.3) is 11.1 Å². The molecule has 0 atom stereocenters. The number of para-hydroxylation sites is 1. The highest BCUT2D eigenvalue weighted by Gasteiger charge is 2.28. The number of amides is 1. The molecule has 0 fully saturated rings. The first-order valence-corrected chi connectivity index (χ1v) is 12.2. The van der Waals surface area contributed by atoms with Gasteiger partial charge in [0.1, 0.15) is 12.4 Å². The number of fused-ring (bicyclic) bond motifs is 3. The Bertz CT molecular complexity index is 1280. The third-order valence-corrected chi connectivity index (χ3v) is 6.98. The molecular formula is C29H24N2O2S. The third-order valence-electron chi connectivity index (χ3n) is 5.71. The van der Waals surface area contributed by atoms with Gasteiger partial charge >= 0.3 is 0 Å². The second-order valence-electron chi connectivity index (χ2n) is 7.97. The number of rotatable bonds is 8. The van der Waals surface area contributed by atoms with Crippen molar-refractivity contribution >= 4 is 23.9 Å². The van der Waals surface area contributed by atoms with Gasteiger partial charge in [0.25, 0.3) is 0 Å². The number of nitrogens with zero attached hydrogens (tertiary/aromatic N) is 1. The van der Waals surface area contributed by atoms with Crippen molar-refractivity contribution in [2.24, 2.45) is 5.10 Å². The molecule has 0 unspecified atom stereocenters. The van der Waals surface area contributed by atoms with Crippen LogP contribution in [-0.4, -0.2) is 17.9 Å². The van der Waals surface area contributed by atoms with Crippen molar-refractivity contribution in [2.45, 2.75) is 11.9 Å². The fourth-order valence-corrected chi connectivity index (χ4v) is 5.26. The first-order valence-electron chi connectivity index (χ1n) is 11.2. The van der Waals surface area contributed by atoms with E-state index in [0.717, 1.165) is 16.9 Å². The van der Waals surface area contributed by atoms with Crippen LogP contribution in [0.15, 0.2) is 108 Å². The van der Waals surface area contributed by atoms with E-state index in [1.165, 1.54) is 22.3 Å². The Morgan fingerprint density at radius 3 is 2.18 bits per heavy atom. The average molecular weight is 465 g/mol. The van der Waals surface area contributed by atoms with Crippen LogP contribution in [0.3, 0.4) is 0 Å². The van der Waals surface area contributed by atoms with Crippen LogP contribution >= 0.6 is 11.8 Å². The summed E-state index contributed by atoms with van der Waals surface area (Å²) < 4.78 is 5.95. The molecule has 0 aliphatic heterocycles. The fourth-order valence-electron chi connectivity index (χ4n) is 4.11. The van der Waals surface area contributed by atoms with Gasteiger partial charge < -0.3 is 4.74 Å². The molecular weight excluding hydrogens is 440 g/mol. The summed E-state index contributed by atoms with van der Waals surface area (Å²) in [7, 11) is 0. The number of thioether (sulfide) groups is 1. The monoisotopic (exact) mass is 464 g/mol. The number of carbonyl (C=O) groups excluding carboxylic acids is 1. The van der Waals surface area contributed by atoms with Gasteiger partial charge in [-0.05, 0) is 39.9 Å². The van der Waals surface area contributed by atoms with Gasteiger partial charge in [0.05, 0.1) is 17.2 Å². The zero-order valence-corrected chi connectivity index (χ0v) is 19.4. The van der Waals surface area contributed by atoms with Gasteiger partial charge in [-0.1, -0.05) is 91.0 Å². The first kappa shape index (κ1) is 22.0. The predicted molar refractivity (Wildman–Crippen MR) is 139 cm³/mol. The minimum atomic E-state index is -0.134. The van der Waals surface area contributed by atoms with Crippen LogP contribution in [0.4, 0.5) is 0 Å². The predicted octanol–water partition coefficient (Wildman–Crippen LogP) is 6.22. The van der Waals surface area contributed by atoms with Crippen LogP contribution in [-0.2, 0) is 11.4 Å². The molecule has 0 bridgehead atoms. The Kier molecular flexibility index (Phi) is 6.73. The number of hydrazone groups is 1. The molecule has 5 heteroatoms. The van der Waals surface area contributed by atoms with Gasteiger partial charge in [0.2, 0.25) is 5.91 Å². The quantitative estimate of drug-likeness (QED) is 0.249. The van der Waals surface area contributed by atoms with Crippen LogP contribution in [0, 0.1) is 0 Å². The van der Waals surface area contributed by atoms with E-state index < -0.39 is 0 Å². The molecule has 0 aromatic heterocycles. The Morgan fingerprint density at radius 1 is 0.824 bits per heavy atom. The molecule has 1 N–H and O–H groups in total. The summed E-state index contributed by atoms with van der Waals surface area (Å²) in [6, 6.07) is 34.5. The van der Waals surface area contributed by atoms with Crippen molar-refractivity contribution in [1.82, 2.24) is 5.43 Å². The highest BCUT2D eigenvalue weighted by Crippen LogP contribution is 2.49. The van der Waals surface area contributed by atoms with E-state index >= 15 is 0 Å². The molecule has 4 aromatic carbocycles. The second kappa shape index (κ2) is 10.4. The molecule has 168 valence electrons. The summed E-state index contributed by atoms with van der Waals surface area (Å²) in [5.41, 5.74) is 9.58. The molecule has 5 rings (SSSR count). The van der Waals surface area contributed by atoms with E-state index in [9.17, 15) is 4.79 Å². The Labute approximate surface area is 203 Å². The number of hydrogen-bond acceptors (Lipinski definition) is 4. The maximum absolute atomic E-state index is 12.5. The zero-order chi connectivity index (χ0) is 23.2. The molecule has 0 spiro atoms. The third kappa shape index (κ3) is 4.90. The molecule has 0 radical (unpaired) electrons.